The summed E-state index contributed by atoms with van der Waals surface area (Å²) in [5.74, 6) is 0. The zero-order valence-corrected chi connectivity index (χ0v) is 11.8. The average molecular weight is 260 g/mol. The van der Waals surface area contributed by atoms with E-state index in [-0.39, 0.29) is 12.1 Å². The van der Waals surface area contributed by atoms with Crippen LogP contribution in [0.4, 0.5) is 0 Å². The van der Waals surface area contributed by atoms with Crippen LogP contribution < -0.4 is 5.32 Å². The summed E-state index contributed by atoms with van der Waals surface area (Å²) in [5, 5.41) is 8.41. The van der Waals surface area contributed by atoms with Gasteiger partial charge in [0.05, 0.1) is 29.1 Å². The van der Waals surface area contributed by atoms with E-state index in [0.29, 0.717) is 5.02 Å². The highest BCUT2D eigenvalue weighted by Crippen LogP contribution is 2.27. The van der Waals surface area contributed by atoms with Crippen LogP contribution in [0.25, 0.3) is 0 Å². The predicted octanol–water partition coefficient (Wildman–Crippen LogP) is 2.63. The molecule has 4 nitrogen and oxygen atoms in total. The number of aryl methyl sites for hydroxylation is 1. The number of hydrogen-bond acceptors (Lipinski definition) is 3. The van der Waals surface area contributed by atoms with Gasteiger partial charge < -0.3 is 10.1 Å². The summed E-state index contributed by atoms with van der Waals surface area (Å²) < 4.78 is 7.46. The Balaban J connectivity index is 3.07. The zero-order valence-electron chi connectivity index (χ0n) is 11.0. The van der Waals surface area contributed by atoms with Gasteiger partial charge in [-0.25, -0.2) is 0 Å². The molecule has 0 spiro atoms. The molecule has 0 bridgehead atoms. The molecule has 5 heteroatoms. The Labute approximate surface area is 108 Å². The third-order valence-electron chi connectivity index (χ3n) is 2.93. The van der Waals surface area contributed by atoms with E-state index in [1.807, 2.05) is 4.68 Å². The molecule has 0 radical (unpaired) electrons. The van der Waals surface area contributed by atoms with E-state index < -0.39 is 0 Å². The Morgan fingerprint density at radius 2 is 2.18 bits per heavy atom. The lowest BCUT2D eigenvalue weighted by molar-refractivity contribution is 0.0628. The molecule has 98 valence electrons. The fraction of sp³-hybridized carbons (Fsp3) is 0.750. The first-order valence-electron chi connectivity index (χ1n) is 6.16. The minimum absolute atomic E-state index is 0.0879. The van der Waals surface area contributed by atoms with Crippen molar-refractivity contribution in [3.05, 3.63) is 16.9 Å². The van der Waals surface area contributed by atoms with E-state index >= 15 is 0 Å². The second-order valence-corrected chi connectivity index (χ2v) is 4.32. The summed E-state index contributed by atoms with van der Waals surface area (Å²) in [6, 6.07) is 0.0879. The summed E-state index contributed by atoms with van der Waals surface area (Å²) >= 11 is 6.23. The Bertz CT molecular complexity index is 336. The number of nitrogens with one attached hydrogen (secondary N) is 1. The molecule has 1 heterocycles. The number of nitrogens with zero attached hydrogens (tertiary/aromatic N) is 2. The minimum atomic E-state index is 0.0879. The highest BCUT2D eigenvalue weighted by atomic mass is 35.5. The maximum absolute atomic E-state index is 6.23. The number of likely N-dealkylation sites (N-methyl/N-ethyl adjacent to an activating group) is 1. The van der Waals surface area contributed by atoms with Crippen molar-refractivity contribution in [1.82, 2.24) is 15.1 Å². The predicted molar refractivity (Wildman–Crippen MR) is 70.4 cm³/mol. The molecule has 1 rings (SSSR count). The Kier molecular flexibility index (Phi) is 5.95. The maximum atomic E-state index is 6.23. The van der Waals surface area contributed by atoms with Crippen LogP contribution in [0.2, 0.25) is 5.02 Å². The van der Waals surface area contributed by atoms with Crippen molar-refractivity contribution in [3.63, 3.8) is 0 Å². The van der Waals surface area contributed by atoms with Crippen molar-refractivity contribution in [2.45, 2.75) is 45.9 Å². The molecule has 0 aliphatic heterocycles. The van der Waals surface area contributed by atoms with Crippen LogP contribution in [0.3, 0.4) is 0 Å². The number of methoxy groups -OCH3 is 1. The molecule has 1 aromatic heterocycles. The molecular weight excluding hydrogens is 238 g/mol. The summed E-state index contributed by atoms with van der Waals surface area (Å²) in [4.78, 5) is 0. The van der Waals surface area contributed by atoms with Crippen molar-refractivity contribution in [2.75, 3.05) is 13.7 Å². The van der Waals surface area contributed by atoms with Gasteiger partial charge >= 0.3 is 0 Å². The molecule has 17 heavy (non-hydrogen) atoms. The number of aromatic nitrogens is 2. The van der Waals surface area contributed by atoms with Crippen LogP contribution in [0.15, 0.2) is 6.20 Å². The van der Waals surface area contributed by atoms with Gasteiger partial charge in [0.1, 0.15) is 0 Å². The SMILES string of the molecule is CCNC(c1c(Cl)cnn1CC)C(CC)OC. The highest BCUT2D eigenvalue weighted by molar-refractivity contribution is 6.31. The van der Waals surface area contributed by atoms with Gasteiger partial charge in [-0.3, -0.25) is 4.68 Å². The monoisotopic (exact) mass is 259 g/mol. The number of hydrogen-bond donors (Lipinski definition) is 1. The van der Waals surface area contributed by atoms with Gasteiger partial charge in [0.25, 0.3) is 0 Å². The van der Waals surface area contributed by atoms with Crippen LogP contribution >= 0.6 is 11.6 Å². The molecule has 1 N–H and O–H groups in total. The van der Waals surface area contributed by atoms with Gasteiger partial charge in [-0.2, -0.15) is 5.10 Å². The summed E-state index contributed by atoms with van der Waals surface area (Å²) in [5.41, 5.74) is 1.02. The number of halogens is 1. The van der Waals surface area contributed by atoms with E-state index in [1.54, 1.807) is 13.3 Å². The van der Waals surface area contributed by atoms with Crippen LogP contribution in [0, 0.1) is 0 Å². The van der Waals surface area contributed by atoms with E-state index in [4.69, 9.17) is 16.3 Å². The zero-order chi connectivity index (χ0) is 12.8. The Morgan fingerprint density at radius 1 is 1.47 bits per heavy atom. The molecule has 0 aromatic carbocycles. The molecule has 0 fully saturated rings. The fourth-order valence-corrected chi connectivity index (χ4v) is 2.35. The standard InChI is InChI=1S/C12H22ClN3O/c1-5-10(17-4)11(14-6-2)12-9(13)8-15-16(12)7-3/h8,10-11,14H,5-7H2,1-4H3. The third-order valence-corrected chi connectivity index (χ3v) is 3.22. The molecule has 0 saturated carbocycles. The largest absolute Gasteiger partial charge is 0.379 e. The van der Waals surface area contributed by atoms with Gasteiger partial charge in [0, 0.05) is 13.7 Å². The Morgan fingerprint density at radius 3 is 2.65 bits per heavy atom. The van der Waals surface area contributed by atoms with Crippen molar-refractivity contribution in [3.8, 4) is 0 Å². The molecular formula is C12H22ClN3O. The Hall–Kier alpha value is -0.580. The van der Waals surface area contributed by atoms with Gasteiger partial charge in [-0.05, 0) is 19.9 Å². The van der Waals surface area contributed by atoms with Crippen molar-refractivity contribution >= 4 is 11.6 Å². The average Bonchev–Trinajstić information content (AvgIpc) is 2.70. The lowest BCUT2D eigenvalue weighted by atomic mass is 10.0. The van der Waals surface area contributed by atoms with E-state index in [2.05, 4.69) is 31.2 Å². The molecule has 0 saturated heterocycles. The van der Waals surface area contributed by atoms with Crippen LogP contribution in [-0.4, -0.2) is 29.5 Å². The molecule has 0 aliphatic rings. The van der Waals surface area contributed by atoms with E-state index in [0.717, 1.165) is 25.2 Å². The normalized spacial score (nSPS) is 14.9. The molecule has 0 aliphatic carbocycles. The first kappa shape index (κ1) is 14.5. The van der Waals surface area contributed by atoms with Crippen molar-refractivity contribution in [2.24, 2.45) is 0 Å². The van der Waals surface area contributed by atoms with Crippen LogP contribution in [0.5, 0.6) is 0 Å². The summed E-state index contributed by atoms with van der Waals surface area (Å²) in [7, 11) is 1.74. The fourth-order valence-electron chi connectivity index (χ4n) is 2.10. The van der Waals surface area contributed by atoms with E-state index in [1.165, 1.54) is 0 Å². The lowest BCUT2D eigenvalue weighted by Gasteiger charge is -2.26. The van der Waals surface area contributed by atoms with Gasteiger partial charge in [0.2, 0.25) is 0 Å². The van der Waals surface area contributed by atoms with Crippen molar-refractivity contribution < 1.29 is 4.74 Å². The summed E-state index contributed by atoms with van der Waals surface area (Å²) in [6.07, 6.45) is 2.74. The topological polar surface area (TPSA) is 39.1 Å². The quantitative estimate of drug-likeness (QED) is 0.818. The molecule has 0 amide bonds. The lowest BCUT2D eigenvalue weighted by Crippen LogP contribution is -2.34. The first-order valence-corrected chi connectivity index (χ1v) is 6.54. The number of ether oxygens (including phenoxy) is 1. The highest BCUT2D eigenvalue weighted by Gasteiger charge is 2.26. The molecule has 1 aromatic rings. The maximum Gasteiger partial charge on any atom is 0.0835 e. The molecule has 2 atom stereocenters. The summed E-state index contributed by atoms with van der Waals surface area (Å²) in [6.45, 7) is 7.93. The molecule has 2 unspecified atom stereocenters. The second kappa shape index (κ2) is 6.99. The van der Waals surface area contributed by atoms with Crippen molar-refractivity contribution in [1.29, 1.82) is 0 Å². The van der Waals surface area contributed by atoms with E-state index in [9.17, 15) is 0 Å². The minimum Gasteiger partial charge on any atom is -0.379 e. The van der Waals surface area contributed by atoms with Crippen LogP contribution in [0.1, 0.15) is 38.9 Å². The first-order chi connectivity index (χ1) is 8.19. The smallest absolute Gasteiger partial charge is 0.0835 e. The van der Waals surface area contributed by atoms with Gasteiger partial charge in [0.15, 0.2) is 0 Å². The number of rotatable bonds is 7. The second-order valence-electron chi connectivity index (χ2n) is 3.91. The van der Waals surface area contributed by atoms with Gasteiger partial charge in [-0.1, -0.05) is 25.4 Å². The van der Waals surface area contributed by atoms with Gasteiger partial charge in [-0.15, -0.1) is 0 Å². The van der Waals surface area contributed by atoms with Crippen LogP contribution in [-0.2, 0) is 11.3 Å². The third kappa shape index (κ3) is 3.21.